The van der Waals surface area contributed by atoms with Crippen molar-refractivity contribution in [1.29, 1.82) is 0 Å². The van der Waals surface area contributed by atoms with Gasteiger partial charge >= 0.3 is 0 Å². The zero-order chi connectivity index (χ0) is 29.4. The van der Waals surface area contributed by atoms with Crippen molar-refractivity contribution in [2.24, 2.45) is 13.0 Å². The van der Waals surface area contributed by atoms with E-state index in [1.54, 1.807) is 0 Å². The first-order chi connectivity index (χ1) is 20.4. The Balaban J connectivity index is 1.53. The average Bonchev–Trinajstić information content (AvgIpc) is 3.47. The molecule has 6 heteroatoms. The molecule has 3 atom stereocenters. The van der Waals surface area contributed by atoms with Gasteiger partial charge < -0.3 is 14.8 Å². The SMILES string of the molecule is CCC(C)C(C(=O)NCc1cccc(Br)c1)N1C(=O)c2ccccc2C1c1c(-c2ccccc2)n(C)c2ccccc12. The van der Waals surface area contributed by atoms with E-state index in [0.29, 0.717) is 12.1 Å². The zero-order valence-electron chi connectivity index (χ0n) is 24.1. The second-order valence-corrected chi connectivity index (χ2v) is 12.0. The molecule has 5 nitrogen and oxygen atoms in total. The van der Waals surface area contributed by atoms with Crippen LogP contribution in [0.2, 0.25) is 0 Å². The Morgan fingerprint density at radius 2 is 1.64 bits per heavy atom. The van der Waals surface area contributed by atoms with Gasteiger partial charge in [-0.3, -0.25) is 9.59 Å². The van der Waals surface area contributed by atoms with E-state index in [4.69, 9.17) is 0 Å². The number of fused-ring (bicyclic) bond motifs is 2. The van der Waals surface area contributed by atoms with E-state index in [1.807, 2.05) is 83.8 Å². The van der Waals surface area contributed by atoms with Crippen LogP contribution in [0.5, 0.6) is 0 Å². The van der Waals surface area contributed by atoms with E-state index < -0.39 is 12.1 Å². The number of nitrogens with one attached hydrogen (secondary N) is 1. The lowest BCUT2D eigenvalue weighted by molar-refractivity contribution is -0.128. The summed E-state index contributed by atoms with van der Waals surface area (Å²) in [4.78, 5) is 30.4. The molecule has 1 aromatic heterocycles. The summed E-state index contributed by atoms with van der Waals surface area (Å²) < 4.78 is 3.18. The molecule has 0 saturated heterocycles. The van der Waals surface area contributed by atoms with Crippen molar-refractivity contribution in [1.82, 2.24) is 14.8 Å². The third-order valence-electron chi connectivity index (χ3n) is 8.57. The van der Waals surface area contributed by atoms with E-state index in [0.717, 1.165) is 49.7 Å². The highest BCUT2D eigenvalue weighted by Crippen LogP contribution is 2.48. The van der Waals surface area contributed by atoms with Crippen molar-refractivity contribution in [3.8, 4) is 11.3 Å². The lowest BCUT2D eigenvalue weighted by atomic mass is 9.90. The first-order valence-electron chi connectivity index (χ1n) is 14.5. The van der Waals surface area contributed by atoms with Gasteiger partial charge in [0.15, 0.2) is 0 Å². The minimum atomic E-state index is -0.658. The van der Waals surface area contributed by atoms with Crippen molar-refractivity contribution < 1.29 is 9.59 Å². The van der Waals surface area contributed by atoms with Gasteiger partial charge in [0, 0.05) is 40.1 Å². The van der Waals surface area contributed by atoms with Crippen molar-refractivity contribution in [2.75, 3.05) is 0 Å². The summed E-state index contributed by atoms with van der Waals surface area (Å²) in [6.07, 6.45) is 0.753. The molecule has 0 saturated carbocycles. The summed E-state index contributed by atoms with van der Waals surface area (Å²) in [5, 5.41) is 4.25. The number of halogens is 1. The monoisotopic (exact) mass is 619 g/mol. The second-order valence-electron chi connectivity index (χ2n) is 11.1. The second kappa shape index (κ2) is 11.6. The highest BCUT2D eigenvalue weighted by molar-refractivity contribution is 9.10. The summed E-state index contributed by atoms with van der Waals surface area (Å²) >= 11 is 3.52. The standard InChI is InChI=1S/C36H34BrN3O2/c1-4-23(2)32(35(41)38-22-24-13-12-16-26(37)21-24)40-34(27-17-8-9-18-28(27)36(40)42)31-29-19-10-11-20-30(29)39(3)33(31)25-14-6-5-7-15-25/h5-21,23,32,34H,4,22H2,1-3H3,(H,38,41). The molecule has 1 N–H and O–H groups in total. The minimum absolute atomic E-state index is 0.0663. The fraction of sp³-hybridized carbons (Fsp3) is 0.222. The van der Waals surface area contributed by atoms with Crippen LogP contribution < -0.4 is 5.32 Å². The molecule has 0 radical (unpaired) electrons. The smallest absolute Gasteiger partial charge is 0.255 e. The first kappa shape index (κ1) is 28.0. The van der Waals surface area contributed by atoms with Gasteiger partial charge in [-0.2, -0.15) is 0 Å². The number of hydrogen-bond acceptors (Lipinski definition) is 2. The Kier molecular flexibility index (Phi) is 7.74. The number of amides is 2. The average molecular weight is 621 g/mol. The molecule has 1 aliphatic rings. The van der Waals surface area contributed by atoms with Crippen LogP contribution in [0, 0.1) is 5.92 Å². The lowest BCUT2D eigenvalue weighted by Gasteiger charge is -2.36. The van der Waals surface area contributed by atoms with Gasteiger partial charge in [0.1, 0.15) is 6.04 Å². The van der Waals surface area contributed by atoms with Crippen molar-refractivity contribution in [3.63, 3.8) is 0 Å². The lowest BCUT2D eigenvalue weighted by Crippen LogP contribution is -2.51. The fourth-order valence-corrected chi connectivity index (χ4v) is 6.83. The number of benzene rings is 4. The number of aryl methyl sites for hydroxylation is 1. The third kappa shape index (κ3) is 4.84. The van der Waals surface area contributed by atoms with Gasteiger partial charge in [-0.05, 0) is 46.9 Å². The Labute approximate surface area is 255 Å². The van der Waals surface area contributed by atoms with Crippen LogP contribution in [0.3, 0.4) is 0 Å². The summed E-state index contributed by atoms with van der Waals surface area (Å²) in [5.41, 5.74) is 6.84. The summed E-state index contributed by atoms with van der Waals surface area (Å²) in [7, 11) is 2.08. The number of nitrogens with zero attached hydrogens (tertiary/aromatic N) is 2. The van der Waals surface area contributed by atoms with Crippen molar-refractivity contribution in [2.45, 2.75) is 38.9 Å². The largest absolute Gasteiger partial charge is 0.350 e. The minimum Gasteiger partial charge on any atom is -0.350 e. The summed E-state index contributed by atoms with van der Waals surface area (Å²) in [6.45, 7) is 4.53. The number of carbonyl (C=O) groups is 2. The van der Waals surface area contributed by atoms with Crippen LogP contribution in [0.4, 0.5) is 0 Å². The Hall–Kier alpha value is -4.16. The third-order valence-corrected chi connectivity index (χ3v) is 9.07. The van der Waals surface area contributed by atoms with Crippen LogP contribution in [-0.4, -0.2) is 27.3 Å². The van der Waals surface area contributed by atoms with Gasteiger partial charge in [-0.1, -0.05) is 115 Å². The van der Waals surface area contributed by atoms with E-state index >= 15 is 0 Å². The maximum Gasteiger partial charge on any atom is 0.255 e. The molecule has 6 rings (SSSR count). The molecule has 1 aliphatic heterocycles. The molecule has 3 unspecified atom stereocenters. The number of hydrogen-bond donors (Lipinski definition) is 1. The highest BCUT2D eigenvalue weighted by Gasteiger charge is 2.47. The maximum atomic E-state index is 14.4. The molecule has 212 valence electrons. The predicted molar refractivity (Wildman–Crippen MR) is 172 cm³/mol. The summed E-state index contributed by atoms with van der Waals surface area (Å²) in [5.74, 6) is -0.314. The molecule has 0 spiro atoms. The van der Waals surface area contributed by atoms with Gasteiger partial charge in [0.25, 0.3) is 5.91 Å². The maximum absolute atomic E-state index is 14.4. The van der Waals surface area contributed by atoms with Gasteiger partial charge in [-0.15, -0.1) is 0 Å². The number of aromatic nitrogens is 1. The normalized spacial score (nSPS) is 16.0. The molecule has 2 heterocycles. The van der Waals surface area contributed by atoms with Crippen LogP contribution in [0.25, 0.3) is 22.2 Å². The molecule has 2 amide bonds. The fourth-order valence-electron chi connectivity index (χ4n) is 6.39. The molecular formula is C36H34BrN3O2. The number of rotatable bonds is 8. The molecule has 5 aromatic rings. The molecule has 0 aliphatic carbocycles. The van der Waals surface area contributed by atoms with Gasteiger partial charge in [-0.25, -0.2) is 0 Å². The predicted octanol–water partition coefficient (Wildman–Crippen LogP) is 7.88. The highest BCUT2D eigenvalue weighted by atomic mass is 79.9. The van der Waals surface area contributed by atoms with Crippen LogP contribution in [0.15, 0.2) is 108 Å². The van der Waals surface area contributed by atoms with Gasteiger partial charge in [0.2, 0.25) is 5.91 Å². The van der Waals surface area contributed by atoms with E-state index in [1.165, 1.54) is 0 Å². The Morgan fingerprint density at radius 3 is 2.40 bits per heavy atom. The topological polar surface area (TPSA) is 54.3 Å². The molecule has 4 aromatic carbocycles. The zero-order valence-corrected chi connectivity index (χ0v) is 25.6. The van der Waals surface area contributed by atoms with Crippen LogP contribution in [-0.2, 0) is 18.4 Å². The molecule has 0 bridgehead atoms. The molecule has 0 fully saturated rings. The van der Waals surface area contributed by atoms with E-state index in [9.17, 15) is 9.59 Å². The van der Waals surface area contributed by atoms with E-state index in [-0.39, 0.29) is 17.7 Å². The van der Waals surface area contributed by atoms with Crippen LogP contribution in [0.1, 0.15) is 53.4 Å². The molecular weight excluding hydrogens is 586 g/mol. The Bertz CT molecular complexity index is 1780. The quantitative estimate of drug-likeness (QED) is 0.192. The first-order valence-corrected chi connectivity index (χ1v) is 15.3. The van der Waals surface area contributed by atoms with Gasteiger partial charge in [0.05, 0.1) is 11.7 Å². The molecule has 42 heavy (non-hydrogen) atoms. The van der Waals surface area contributed by atoms with E-state index in [2.05, 4.69) is 71.0 Å². The number of carbonyl (C=O) groups excluding carboxylic acids is 2. The number of para-hydroxylation sites is 1. The Morgan fingerprint density at radius 1 is 0.929 bits per heavy atom. The van der Waals surface area contributed by atoms with Crippen molar-refractivity contribution >= 4 is 38.6 Å². The van der Waals surface area contributed by atoms with Crippen LogP contribution >= 0.6 is 15.9 Å². The van der Waals surface area contributed by atoms with Crippen molar-refractivity contribution in [3.05, 3.63) is 130 Å². The summed E-state index contributed by atoms with van der Waals surface area (Å²) in [6, 6.07) is 33.3.